The van der Waals surface area contributed by atoms with Crippen molar-refractivity contribution in [2.24, 2.45) is 5.92 Å². The second kappa shape index (κ2) is 6.59. The van der Waals surface area contributed by atoms with Crippen molar-refractivity contribution < 1.29 is 14.4 Å². The van der Waals surface area contributed by atoms with Crippen LogP contribution in [0.25, 0.3) is 0 Å². The molecule has 1 saturated heterocycles. The van der Waals surface area contributed by atoms with Gasteiger partial charge in [0.1, 0.15) is 0 Å². The van der Waals surface area contributed by atoms with E-state index in [2.05, 4.69) is 4.90 Å². The van der Waals surface area contributed by atoms with Crippen LogP contribution in [0.3, 0.4) is 0 Å². The van der Waals surface area contributed by atoms with E-state index in [1.165, 1.54) is 11.3 Å². The van der Waals surface area contributed by atoms with Crippen LogP contribution in [0.4, 0.5) is 0 Å². The molecule has 1 aromatic rings. The zero-order chi connectivity index (χ0) is 17.4. The fourth-order valence-corrected chi connectivity index (χ4v) is 3.79. The molecule has 4 rings (SSSR count). The van der Waals surface area contributed by atoms with Crippen molar-refractivity contribution in [3.05, 3.63) is 35.4 Å². The van der Waals surface area contributed by atoms with Crippen LogP contribution in [0.5, 0.6) is 0 Å². The highest BCUT2D eigenvalue weighted by Crippen LogP contribution is 2.28. The van der Waals surface area contributed by atoms with Crippen molar-refractivity contribution in [2.45, 2.75) is 19.3 Å². The minimum atomic E-state index is -0.195. The van der Waals surface area contributed by atoms with Crippen molar-refractivity contribution in [1.29, 1.82) is 0 Å². The quantitative estimate of drug-likeness (QED) is 0.773. The fraction of sp³-hybridized carbons (Fsp3) is 0.526. The molecule has 6 nitrogen and oxygen atoms in total. The van der Waals surface area contributed by atoms with E-state index in [-0.39, 0.29) is 17.7 Å². The van der Waals surface area contributed by atoms with Crippen molar-refractivity contribution in [3.8, 4) is 0 Å². The molecular formula is C19H23N3O3. The molecule has 0 atom stereocenters. The Bertz CT molecular complexity index is 671. The third kappa shape index (κ3) is 2.95. The average Bonchev–Trinajstić information content (AvgIpc) is 2.83. The van der Waals surface area contributed by atoms with Crippen LogP contribution < -0.4 is 0 Å². The summed E-state index contributed by atoms with van der Waals surface area (Å²) in [5, 5.41) is 0. The van der Waals surface area contributed by atoms with E-state index in [1.54, 1.807) is 24.3 Å². The van der Waals surface area contributed by atoms with Gasteiger partial charge < -0.3 is 4.90 Å². The number of carbonyl (C=O) groups excluding carboxylic acids is 3. The molecule has 1 aliphatic carbocycles. The molecule has 3 aliphatic rings. The van der Waals surface area contributed by atoms with Crippen LogP contribution in [-0.2, 0) is 4.79 Å². The third-order valence-corrected chi connectivity index (χ3v) is 5.66. The molecule has 0 aromatic heterocycles. The molecular weight excluding hydrogens is 318 g/mol. The first kappa shape index (κ1) is 16.3. The van der Waals surface area contributed by atoms with Gasteiger partial charge in [-0.1, -0.05) is 18.6 Å². The molecule has 1 saturated carbocycles. The predicted octanol–water partition coefficient (Wildman–Crippen LogP) is 1.23. The van der Waals surface area contributed by atoms with Crippen LogP contribution in [-0.4, -0.2) is 71.7 Å². The van der Waals surface area contributed by atoms with Gasteiger partial charge in [0, 0.05) is 45.2 Å². The summed E-state index contributed by atoms with van der Waals surface area (Å²) in [6.07, 6.45) is 3.26. The van der Waals surface area contributed by atoms with E-state index in [9.17, 15) is 14.4 Å². The summed E-state index contributed by atoms with van der Waals surface area (Å²) in [6, 6.07) is 6.98. The summed E-state index contributed by atoms with van der Waals surface area (Å²) in [4.78, 5) is 42.6. The first-order valence-corrected chi connectivity index (χ1v) is 9.11. The Kier molecular flexibility index (Phi) is 4.29. The summed E-state index contributed by atoms with van der Waals surface area (Å²) in [5.41, 5.74) is 1.01. The third-order valence-electron chi connectivity index (χ3n) is 5.66. The smallest absolute Gasteiger partial charge is 0.261 e. The van der Waals surface area contributed by atoms with E-state index in [1.807, 2.05) is 4.90 Å². The maximum Gasteiger partial charge on any atom is 0.261 e. The molecule has 2 heterocycles. The second-order valence-electron chi connectivity index (χ2n) is 7.10. The molecule has 0 radical (unpaired) electrons. The monoisotopic (exact) mass is 341 g/mol. The van der Waals surface area contributed by atoms with E-state index < -0.39 is 0 Å². The summed E-state index contributed by atoms with van der Waals surface area (Å²) in [5.74, 6) is 0.176. The zero-order valence-corrected chi connectivity index (χ0v) is 14.3. The molecule has 2 aliphatic heterocycles. The van der Waals surface area contributed by atoms with Crippen molar-refractivity contribution >= 4 is 17.7 Å². The van der Waals surface area contributed by atoms with Gasteiger partial charge in [0.2, 0.25) is 5.91 Å². The van der Waals surface area contributed by atoms with Crippen molar-refractivity contribution in [3.63, 3.8) is 0 Å². The minimum Gasteiger partial charge on any atom is -0.340 e. The predicted molar refractivity (Wildman–Crippen MR) is 92.2 cm³/mol. The lowest BCUT2D eigenvalue weighted by atomic mass is 9.84. The lowest BCUT2D eigenvalue weighted by Gasteiger charge is -2.38. The van der Waals surface area contributed by atoms with E-state index >= 15 is 0 Å². The summed E-state index contributed by atoms with van der Waals surface area (Å²) in [7, 11) is 0. The Morgan fingerprint density at radius 1 is 0.920 bits per heavy atom. The number of hydrogen-bond acceptors (Lipinski definition) is 4. The molecule has 0 bridgehead atoms. The van der Waals surface area contributed by atoms with Gasteiger partial charge in [0.25, 0.3) is 11.8 Å². The Morgan fingerprint density at radius 3 is 2.04 bits per heavy atom. The van der Waals surface area contributed by atoms with Gasteiger partial charge in [-0.2, -0.15) is 0 Å². The number of carbonyl (C=O) groups is 3. The number of benzene rings is 1. The second-order valence-corrected chi connectivity index (χ2v) is 7.10. The molecule has 1 aromatic carbocycles. The standard InChI is InChI=1S/C19H23N3O3/c23-17(14-4-3-5-14)21-11-8-20(9-12-21)10-13-22-18(24)15-6-1-2-7-16(15)19(22)25/h1-2,6-7,14H,3-5,8-13H2. The SMILES string of the molecule is O=C(C1CCC1)N1CCN(CCN2C(=O)c3ccccc3C2=O)CC1. The van der Waals surface area contributed by atoms with Crippen LogP contribution >= 0.6 is 0 Å². The van der Waals surface area contributed by atoms with E-state index in [0.717, 1.165) is 39.0 Å². The van der Waals surface area contributed by atoms with Gasteiger partial charge in [0.05, 0.1) is 11.1 Å². The molecule has 6 heteroatoms. The topological polar surface area (TPSA) is 60.9 Å². The van der Waals surface area contributed by atoms with E-state index in [0.29, 0.717) is 30.1 Å². The number of nitrogens with zero attached hydrogens (tertiary/aromatic N) is 3. The lowest BCUT2D eigenvalue weighted by Crippen LogP contribution is -2.52. The normalized spacial score (nSPS) is 21.4. The first-order chi connectivity index (χ1) is 12.1. The number of amides is 3. The van der Waals surface area contributed by atoms with Gasteiger partial charge in [-0.3, -0.25) is 24.2 Å². The van der Waals surface area contributed by atoms with Crippen molar-refractivity contribution in [1.82, 2.24) is 14.7 Å². The highest BCUT2D eigenvalue weighted by Gasteiger charge is 2.35. The molecule has 132 valence electrons. The maximum atomic E-state index is 12.4. The molecule has 0 spiro atoms. The molecule has 25 heavy (non-hydrogen) atoms. The van der Waals surface area contributed by atoms with E-state index in [4.69, 9.17) is 0 Å². The average molecular weight is 341 g/mol. The Hall–Kier alpha value is -2.21. The summed E-state index contributed by atoms with van der Waals surface area (Å²) in [6.45, 7) is 4.18. The van der Waals surface area contributed by atoms with Gasteiger partial charge >= 0.3 is 0 Å². The highest BCUT2D eigenvalue weighted by molar-refractivity contribution is 6.21. The van der Waals surface area contributed by atoms with Crippen LogP contribution in [0, 0.1) is 5.92 Å². The highest BCUT2D eigenvalue weighted by atomic mass is 16.2. The first-order valence-electron chi connectivity index (χ1n) is 9.11. The minimum absolute atomic E-state index is 0.195. The van der Waals surface area contributed by atoms with Gasteiger partial charge in [-0.25, -0.2) is 0 Å². The number of imide groups is 1. The van der Waals surface area contributed by atoms with Crippen molar-refractivity contribution in [2.75, 3.05) is 39.3 Å². The fourth-order valence-electron chi connectivity index (χ4n) is 3.79. The lowest BCUT2D eigenvalue weighted by molar-refractivity contribution is -0.139. The molecule has 0 N–H and O–H groups in total. The number of fused-ring (bicyclic) bond motifs is 1. The van der Waals surface area contributed by atoms with Gasteiger partial charge in [0.15, 0.2) is 0 Å². The van der Waals surface area contributed by atoms with Crippen LogP contribution in [0.15, 0.2) is 24.3 Å². The molecule has 0 unspecified atom stereocenters. The Labute approximate surface area is 147 Å². The Morgan fingerprint density at radius 2 is 1.52 bits per heavy atom. The Balaban J connectivity index is 1.28. The maximum absolute atomic E-state index is 12.4. The van der Waals surface area contributed by atoms with Gasteiger partial charge in [-0.15, -0.1) is 0 Å². The van der Waals surface area contributed by atoms with Gasteiger partial charge in [-0.05, 0) is 25.0 Å². The van der Waals surface area contributed by atoms with Crippen LogP contribution in [0.1, 0.15) is 40.0 Å². The van der Waals surface area contributed by atoms with Crippen LogP contribution in [0.2, 0.25) is 0 Å². The molecule has 2 fully saturated rings. The summed E-state index contributed by atoms with van der Waals surface area (Å²) < 4.78 is 0. The number of hydrogen-bond donors (Lipinski definition) is 0. The zero-order valence-electron chi connectivity index (χ0n) is 14.3. The number of rotatable bonds is 4. The summed E-state index contributed by atoms with van der Waals surface area (Å²) >= 11 is 0. The largest absolute Gasteiger partial charge is 0.340 e. The molecule has 3 amide bonds. The number of piperazine rings is 1.